The number of piperidine rings is 1. The number of hydrogen-bond donors (Lipinski definition) is 0. The van der Waals surface area contributed by atoms with Crippen molar-refractivity contribution < 1.29 is 0 Å². The van der Waals surface area contributed by atoms with Gasteiger partial charge in [0.1, 0.15) is 0 Å². The van der Waals surface area contributed by atoms with Gasteiger partial charge in [0.25, 0.3) is 0 Å². The van der Waals surface area contributed by atoms with E-state index >= 15 is 0 Å². The van der Waals surface area contributed by atoms with E-state index in [9.17, 15) is 0 Å². The van der Waals surface area contributed by atoms with Crippen LogP contribution in [0.25, 0.3) is 0 Å². The molecular formula is C17H22N4. The van der Waals surface area contributed by atoms with Crippen LogP contribution in [0.1, 0.15) is 41.4 Å². The third-order valence-corrected chi connectivity index (χ3v) is 4.16. The molecule has 0 radical (unpaired) electrons. The summed E-state index contributed by atoms with van der Waals surface area (Å²) in [7, 11) is 0. The zero-order valence-corrected chi connectivity index (χ0v) is 12.8. The quantitative estimate of drug-likeness (QED) is 0.868. The van der Waals surface area contributed by atoms with E-state index in [0.29, 0.717) is 5.92 Å². The molecule has 21 heavy (non-hydrogen) atoms. The summed E-state index contributed by atoms with van der Waals surface area (Å²) in [5, 5.41) is 0. The highest BCUT2D eigenvalue weighted by molar-refractivity contribution is 5.13. The molecule has 0 spiro atoms. The second-order valence-corrected chi connectivity index (χ2v) is 5.94. The average molecular weight is 282 g/mol. The van der Waals surface area contributed by atoms with Crippen LogP contribution in [0.5, 0.6) is 0 Å². The molecule has 0 saturated carbocycles. The predicted octanol–water partition coefficient (Wildman–Crippen LogP) is 2.87. The molecule has 4 nitrogen and oxygen atoms in total. The number of nitrogens with zero attached hydrogens (tertiary/aromatic N) is 4. The van der Waals surface area contributed by atoms with E-state index in [-0.39, 0.29) is 0 Å². The van der Waals surface area contributed by atoms with Crippen LogP contribution in [0.3, 0.4) is 0 Å². The average Bonchev–Trinajstić information content (AvgIpc) is 2.50. The summed E-state index contributed by atoms with van der Waals surface area (Å²) in [6.45, 7) is 7.27. The van der Waals surface area contributed by atoms with Crippen molar-refractivity contribution in [3.8, 4) is 0 Å². The maximum Gasteiger partial charge on any atom is 0.0621 e. The maximum absolute atomic E-state index is 4.62. The molecule has 3 heterocycles. The van der Waals surface area contributed by atoms with Gasteiger partial charge in [-0.05, 0) is 51.4 Å². The Morgan fingerprint density at radius 1 is 1.05 bits per heavy atom. The third kappa shape index (κ3) is 3.64. The number of aryl methyl sites for hydroxylation is 2. The first kappa shape index (κ1) is 14.1. The standard InChI is InChI=1S/C17H22N4/c1-13-3-4-15(10-19-13)12-21-7-5-16(6-8-21)17-11-18-9-14(2)20-17/h3-4,9-11,16H,5-8,12H2,1-2H3. The molecule has 0 N–H and O–H groups in total. The molecule has 0 aromatic carbocycles. The fourth-order valence-electron chi connectivity index (χ4n) is 2.92. The van der Waals surface area contributed by atoms with Crippen LogP contribution in [-0.4, -0.2) is 32.9 Å². The fraction of sp³-hybridized carbons (Fsp3) is 0.471. The minimum atomic E-state index is 0.560. The second kappa shape index (κ2) is 6.31. The first-order valence-corrected chi connectivity index (χ1v) is 7.63. The van der Waals surface area contributed by atoms with Crippen molar-refractivity contribution in [3.63, 3.8) is 0 Å². The maximum atomic E-state index is 4.62. The molecule has 0 aliphatic carbocycles. The van der Waals surface area contributed by atoms with Crippen LogP contribution >= 0.6 is 0 Å². The lowest BCUT2D eigenvalue weighted by atomic mass is 9.93. The Kier molecular flexibility index (Phi) is 4.25. The van der Waals surface area contributed by atoms with E-state index in [1.54, 1.807) is 0 Å². The lowest BCUT2D eigenvalue weighted by Gasteiger charge is -2.31. The summed E-state index contributed by atoms with van der Waals surface area (Å²) in [5.74, 6) is 0.560. The summed E-state index contributed by atoms with van der Waals surface area (Å²) in [4.78, 5) is 15.8. The van der Waals surface area contributed by atoms with E-state index in [1.807, 2.05) is 32.4 Å². The molecule has 3 rings (SSSR count). The Balaban J connectivity index is 1.56. The minimum absolute atomic E-state index is 0.560. The highest BCUT2D eigenvalue weighted by Crippen LogP contribution is 2.27. The molecule has 110 valence electrons. The third-order valence-electron chi connectivity index (χ3n) is 4.16. The molecule has 1 aliphatic rings. The smallest absolute Gasteiger partial charge is 0.0621 e. The Morgan fingerprint density at radius 3 is 2.52 bits per heavy atom. The number of aromatic nitrogens is 3. The number of rotatable bonds is 3. The van der Waals surface area contributed by atoms with Crippen LogP contribution < -0.4 is 0 Å². The topological polar surface area (TPSA) is 41.9 Å². The summed E-state index contributed by atoms with van der Waals surface area (Å²) in [5.41, 5.74) is 4.55. The van der Waals surface area contributed by atoms with Crippen molar-refractivity contribution in [3.05, 3.63) is 53.4 Å². The van der Waals surface area contributed by atoms with E-state index in [0.717, 1.165) is 49.6 Å². The first-order chi connectivity index (χ1) is 10.2. The van der Waals surface area contributed by atoms with E-state index in [2.05, 4.69) is 32.0 Å². The molecule has 0 bridgehead atoms. The van der Waals surface area contributed by atoms with Crippen LogP contribution in [-0.2, 0) is 6.54 Å². The van der Waals surface area contributed by atoms with E-state index in [1.165, 1.54) is 5.56 Å². The second-order valence-electron chi connectivity index (χ2n) is 5.94. The largest absolute Gasteiger partial charge is 0.299 e. The molecule has 0 atom stereocenters. The number of pyridine rings is 1. The van der Waals surface area contributed by atoms with Crippen molar-refractivity contribution >= 4 is 0 Å². The van der Waals surface area contributed by atoms with Crippen LogP contribution in [0.4, 0.5) is 0 Å². The van der Waals surface area contributed by atoms with Gasteiger partial charge in [-0.1, -0.05) is 6.07 Å². The normalized spacial score (nSPS) is 17.0. The molecule has 0 unspecified atom stereocenters. The molecule has 1 saturated heterocycles. The van der Waals surface area contributed by atoms with Gasteiger partial charge in [-0.2, -0.15) is 0 Å². The number of hydrogen-bond acceptors (Lipinski definition) is 4. The molecular weight excluding hydrogens is 260 g/mol. The van der Waals surface area contributed by atoms with Crippen molar-refractivity contribution in [1.29, 1.82) is 0 Å². The summed E-state index contributed by atoms with van der Waals surface area (Å²) in [6, 6.07) is 4.27. The fourth-order valence-corrected chi connectivity index (χ4v) is 2.92. The Morgan fingerprint density at radius 2 is 1.86 bits per heavy atom. The highest BCUT2D eigenvalue weighted by Gasteiger charge is 2.21. The van der Waals surface area contributed by atoms with Gasteiger partial charge >= 0.3 is 0 Å². The first-order valence-electron chi connectivity index (χ1n) is 7.63. The van der Waals surface area contributed by atoms with Gasteiger partial charge in [0.15, 0.2) is 0 Å². The van der Waals surface area contributed by atoms with Gasteiger partial charge in [-0.25, -0.2) is 0 Å². The molecule has 2 aromatic rings. The molecule has 1 fully saturated rings. The van der Waals surface area contributed by atoms with E-state index < -0.39 is 0 Å². The Hall–Kier alpha value is -1.81. The Bertz CT molecular complexity index is 586. The van der Waals surface area contributed by atoms with Crippen molar-refractivity contribution in [2.45, 2.75) is 39.2 Å². The van der Waals surface area contributed by atoms with Gasteiger partial charge < -0.3 is 0 Å². The summed E-state index contributed by atoms with van der Waals surface area (Å²) < 4.78 is 0. The van der Waals surface area contributed by atoms with Crippen LogP contribution in [0, 0.1) is 13.8 Å². The SMILES string of the molecule is Cc1ccc(CN2CCC(c3cncc(C)n3)CC2)cn1. The van der Waals surface area contributed by atoms with Crippen molar-refractivity contribution in [2.24, 2.45) is 0 Å². The van der Waals surface area contributed by atoms with Gasteiger partial charge in [-0.15, -0.1) is 0 Å². The molecule has 0 amide bonds. The van der Waals surface area contributed by atoms with Gasteiger partial charge in [0.2, 0.25) is 0 Å². The van der Waals surface area contributed by atoms with Gasteiger partial charge in [0, 0.05) is 36.7 Å². The molecule has 2 aromatic heterocycles. The predicted molar refractivity (Wildman–Crippen MR) is 83.0 cm³/mol. The van der Waals surface area contributed by atoms with Gasteiger partial charge in [0.05, 0.1) is 11.4 Å². The lowest BCUT2D eigenvalue weighted by Crippen LogP contribution is -2.32. The van der Waals surface area contributed by atoms with E-state index in [4.69, 9.17) is 0 Å². The minimum Gasteiger partial charge on any atom is -0.299 e. The monoisotopic (exact) mass is 282 g/mol. The summed E-state index contributed by atoms with van der Waals surface area (Å²) >= 11 is 0. The van der Waals surface area contributed by atoms with Crippen molar-refractivity contribution in [2.75, 3.05) is 13.1 Å². The lowest BCUT2D eigenvalue weighted by molar-refractivity contribution is 0.203. The highest BCUT2D eigenvalue weighted by atomic mass is 15.1. The van der Waals surface area contributed by atoms with Crippen LogP contribution in [0.2, 0.25) is 0 Å². The zero-order valence-electron chi connectivity index (χ0n) is 12.8. The van der Waals surface area contributed by atoms with Gasteiger partial charge in [-0.3, -0.25) is 19.9 Å². The van der Waals surface area contributed by atoms with Crippen LogP contribution in [0.15, 0.2) is 30.7 Å². The molecule has 1 aliphatic heterocycles. The molecule has 4 heteroatoms. The summed E-state index contributed by atoms with van der Waals surface area (Å²) in [6.07, 6.45) is 8.07. The number of likely N-dealkylation sites (tertiary alicyclic amines) is 1. The zero-order chi connectivity index (χ0) is 14.7. The Labute approximate surface area is 126 Å². The van der Waals surface area contributed by atoms with Crippen molar-refractivity contribution in [1.82, 2.24) is 19.9 Å².